The first-order valence-electron chi connectivity index (χ1n) is 17.1. The van der Waals surface area contributed by atoms with Gasteiger partial charge >= 0.3 is 0 Å². The Morgan fingerprint density at radius 2 is 1.68 bits per heavy atom. The molecule has 4 aromatic rings. The molecule has 47 heavy (non-hydrogen) atoms. The fourth-order valence-electron chi connectivity index (χ4n) is 8.01. The lowest BCUT2D eigenvalue weighted by Crippen LogP contribution is -2.16. The molecular formula is C43H38N2OS. The highest BCUT2D eigenvalue weighted by Gasteiger charge is 2.27. The van der Waals surface area contributed by atoms with Gasteiger partial charge in [0.25, 0.3) is 0 Å². The van der Waals surface area contributed by atoms with Crippen LogP contribution in [0.15, 0.2) is 111 Å². The molecule has 1 unspecified atom stereocenters. The number of aryl methyl sites for hydroxylation is 1. The second-order valence-electron chi connectivity index (χ2n) is 13.3. The van der Waals surface area contributed by atoms with Crippen LogP contribution in [0.3, 0.4) is 0 Å². The van der Waals surface area contributed by atoms with Gasteiger partial charge in [-0.1, -0.05) is 90.7 Å². The van der Waals surface area contributed by atoms with Gasteiger partial charge in [-0.3, -0.25) is 4.99 Å². The van der Waals surface area contributed by atoms with E-state index in [1.165, 1.54) is 76.4 Å². The predicted octanol–water partition coefficient (Wildman–Crippen LogP) is 11.2. The molecule has 3 aliphatic carbocycles. The van der Waals surface area contributed by atoms with Crippen LogP contribution >= 0.6 is 11.8 Å². The molecule has 3 nitrogen and oxygen atoms in total. The van der Waals surface area contributed by atoms with Gasteiger partial charge in [0, 0.05) is 17.7 Å². The predicted molar refractivity (Wildman–Crippen MR) is 198 cm³/mol. The molecule has 9 rings (SSSR count). The van der Waals surface area contributed by atoms with Crippen LogP contribution in [-0.4, -0.2) is 6.34 Å². The highest BCUT2D eigenvalue weighted by molar-refractivity contribution is 8.03. The fourth-order valence-corrected chi connectivity index (χ4v) is 9.07. The van der Waals surface area contributed by atoms with E-state index in [9.17, 15) is 0 Å². The Morgan fingerprint density at radius 1 is 0.787 bits per heavy atom. The second kappa shape index (κ2) is 11.9. The van der Waals surface area contributed by atoms with Crippen molar-refractivity contribution < 1.29 is 4.74 Å². The van der Waals surface area contributed by atoms with Crippen LogP contribution in [0.4, 0.5) is 0 Å². The Balaban J connectivity index is 1.04. The van der Waals surface area contributed by atoms with Crippen molar-refractivity contribution in [2.45, 2.75) is 69.2 Å². The number of allylic oxidation sites excluding steroid dienone is 6. The molecule has 4 heteroatoms. The molecule has 0 spiro atoms. The first kappa shape index (κ1) is 28.7. The first-order chi connectivity index (χ1) is 23.2. The minimum Gasteiger partial charge on any atom is -0.459 e. The van der Waals surface area contributed by atoms with Crippen LogP contribution in [-0.2, 0) is 12.8 Å². The molecule has 0 fully saturated rings. The molecule has 0 saturated heterocycles. The van der Waals surface area contributed by atoms with Gasteiger partial charge in [0.2, 0.25) is 0 Å². The number of ether oxygens (including phenoxy) is 1. The zero-order chi connectivity index (χ0) is 31.3. The number of para-hydroxylation sites is 1. The number of hydrogen-bond acceptors (Lipinski definition) is 4. The monoisotopic (exact) mass is 630 g/mol. The lowest BCUT2D eigenvalue weighted by atomic mass is 9.78. The van der Waals surface area contributed by atoms with E-state index in [1.807, 2.05) is 18.1 Å². The van der Waals surface area contributed by atoms with E-state index < -0.39 is 0 Å². The molecule has 232 valence electrons. The third kappa shape index (κ3) is 5.10. The highest BCUT2D eigenvalue weighted by Crippen LogP contribution is 2.49. The van der Waals surface area contributed by atoms with Crippen molar-refractivity contribution in [3.05, 3.63) is 140 Å². The summed E-state index contributed by atoms with van der Waals surface area (Å²) in [5, 5.41) is 6.41. The quantitative estimate of drug-likeness (QED) is 0.245. The Labute approximate surface area is 281 Å². The summed E-state index contributed by atoms with van der Waals surface area (Å²) in [7, 11) is 0. The van der Waals surface area contributed by atoms with E-state index in [-0.39, 0.29) is 6.04 Å². The third-order valence-electron chi connectivity index (χ3n) is 10.4. The summed E-state index contributed by atoms with van der Waals surface area (Å²) in [6, 6.07) is 24.6. The molecular weight excluding hydrogens is 593 g/mol. The topological polar surface area (TPSA) is 33.6 Å². The van der Waals surface area contributed by atoms with Crippen molar-refractivity contribution in [2.24, 2.45) is 4.99 Å². The maximum Gasteiger partial charge on any atom is 0.146 e. The number of fused-ring (bicyclic) bond motifs is 7. The summed E-state index contributed by atoms with van der Waals surface area (Å²) in [6.07, 6.45) is 21.9. The number of rotatable bonds is 3. The second-order valence-corrected chi connectivity index (χ2v) is 14.3. The van der Waals surface area contributed by atoms with Gasteiger partial charge in [-0.15, -0.1) is 0 Å². The smallest absolute Gasteiger partial charge is 0.146 e. The van der Waals surface area contributed by atoms with Crippen molar-refractivity contribution in [3.63, 3.8) is 0 Å². The van der Waals surface area contributed by atoms with Crippen LogP contribution in [0, 0.1) is 0 Å². The lowest BCUT2D eigenvalue weighted by Gasteiger charge is -2.28. The van der Waals surface area contributed by atoms with Crippen LogP contribution in [0.2, 0.25) is 0 Å². The average Bonchev–Trinajstić information content (AvgIpc) is 3.12. The largest absolute Gasteiger partial charge is 0.459 e. The maximum absolute atomic E-state index is 6.56. The van der Waals surface area contributed by atoms with Crippen LogP contribution in [0.5, 0.6) is 5.75 Å². The molecule has 4 aromatic carbocycles. The summed E-state index contributed by atoms with van der Waals surface area (Å²) in [6.45, 7) is 2.28. The Morgan fingerprint density at radius 3 is 2.62 bits per heavy atom. The normalized spacial score (nSPS) is 21.5. The summed E-state index contributed by atoms with van der Waals surface area (Å²) in [5.41, 5.74) is 13.7. The van der Waals surface area contributed by atoms with Crippen LogP contribution < -0.4 is 10.1 Å². The van der Waals surface area contributed by atoms with Gasteiger partial charge in [-0.2, -0.15) is 0 Å². The number of thioether (sulfide) groups is 1. The molecule has 5 aliphatic rings. The Bertz CT molecular complexity index is 2130. The summed E-state index contributed by atoms with van der Waals surface area (Å²) in [4.78, 5) is 7.52. The van der Waals surface area contributed by atoms with Crippen molar-refractivity contribution >= 4 is 52.3 Å². The fraction of sp³-hybridized carbons (Fsp3) is 0.233. The van der Waals surface area contributed by atoms with Crippen LogP contribution in [0.1, 0.15) is 90.4 Å². The lowest BCUT2D eigenvalue weighted by molar-refractivity contribution is 0.380. The maximum atomic E-state index is 6.56. The molecule has 0 saturated carbocycles. The van der Waals surface area contributed by atoms with Crippen molar-refractivity contribution in [1.82, 2.24) is 5.32 Å². The number of aliphatic imine (C=N–C) groups is 1. The minimum absolute atomic E-state index is 0.0462. The van der Waals surface area contributed by atoms with E-state index in [0.29, 0.717) is 0 Å². The van der Waals surface area contributed by atoms with Gasteiger partial charge < -0.3 is 10.1 Å². The summed E-state index contributed by atoms with van der Waals surface area (Å²) in [5.74, 6) is 2.10. The Kier molecular flexibility index (Phi) is 7.27. The standard InChI is InChI=1S/C43H38N2OS/c1-27-18-23-38(35-14-9-17-41-43(35)46-39-15-7-8-16-40(39)47-41)44-26-45-42(27)30-20-22-34-33-21-19-29(28-10-3-2-4-11-28)24-36(33)31-12-5-6-13-32(31)37(34)25-30/h2-4,6,8-11,13-14,16-17,20,22,24-26,38H,5,7,12,15,18-19,21,23H2,1H3,(H,44,45)/b42-27+. The molecule has 1 atom stereocenters. The van der Waals surface area contributed by atoms with Gasteiger partial charge in [0.05, 0.1) is 22.2 Å². The first-order valence-corrected chi connectivity index (χ1v) is 17.9. The van der Waals surface area contributed by atoms with E-state index >= 15 is 0 Å². The van der Waals surface area contributed by atoms with Crippen molar-refractivity contribution in [3.8, 4) is 5.75 Å². The SMILES string of the molecule is C/C1=C(/c2ccc3c4c(c5c(c3c2)C=CCC5)C=C(c2ccccc2)CC4)NC=NC(c2cccc3c2OC2=C(C=CCC2)S3)CC1. The van der Waals surface area contributed by atoms with Crippen molar-refractivity contribution in [1.29, 1.82) is 0 Å². The zero-order valence-corrected chi connectivity index (χ0v) is 27.6. The summed E-state index contributed by atoms with van der Waals surface area (Å²) < 4.78 is 6.56. The van der Waals surface area contributed by atoms with E-state index in [2.05, 4.69) is 109 Å². The van der Waals surface area contributed by atoms with Crippen LogP contribution in [0.25, 0.3) is 34.2 Å². The van der Waals surface area contributed by atoms with Gasteiger partial charge in [-0.05, 0) is 125 Å². The molecule has 0 bridgehead atoms. The molecule has 0 amide bonds. The highest BCUT2D eigenvalue weighted by atomic mass is 32.2. The van der Waals surface area contributed by atoms with Gasteiger partial charge in [0.15, 0.2) is 0 Å². The molecule has 1 N–H and O–H groups in total. The number of benzene rings is 4. The molecule has 2 aliphatic heterocycles. The Hall–Kier alpha value is -4.54. The summed E-state index contributed by atoms with van der Waals surface area (Å²) >= 11 is 1.83. The number of nitrogens with zero attached hydrogens (tertiary/aromatic N) is 1. The molecule has 2 heterocycles. The zero-order valence-electron chi connectivity index (χ0n) is 26.8. The van der Waals surface area contributed by atoms with E-state index in [1.54, 1.807) is 0 Å². The number of nitrogens with one attached hydrogen (secondary N) is 1. The third-order valence-corrected chi connectivity index (χ3v) is 11.6. The van der Waals surface area contributed by atoms with Crippen molar-refractivity contribution in [2.75, 3.05) is 0 Å². The molecule has 0 aromatic heterocycles. The van der Waals surface area contributed by atoms with E-state index in [4.69, 9.17) is 9.73 Å². The molecule has 0 radical (unpaired) electrons. The number of hydrogen-bond donors (Lipinski definition) is 1. The average molecular weight is 631 g/mol. The van der Waals surface area contributed by atoms with Gasteiger partial charge in [0.1, 0.15) is 11.5 Å². The minimum atomic E-state index is 0.0462. The van der Waals surface area contributed by atoms with E-state index in [0.717, 1.165) is 62.9 Å². The van der Waals surface area contributed by atoms with Gasteiger partial charge in [-0.25, -0.2) is 0 Å².